The van der Waals surface area contributed by atoms with Crippen molar-refractivity contribution >= 4 is 0 Å². The van der Waals surface area contributed by atoms with Crippen molar-refractivity contribution in [2.75, 3.05) is 13.7 Å². The third kappa shape index (κ3) is 2.77. The summed E-state index contributed by atoms with van der Waals surface area (Å²) < 4.78 is 11.3. The molecule has 19 heavy (non-hydrogen) atoms. The van der Waals surface area contributed by atoms with Gasteiger partial charge < -0.3 is 15.2 Å². The van der Waals surface area contributed by atoms with E-state index in [1.54, 1.807) is 7.11 Å². The monoisotopic (exact) mass is 263 g/mol. The second-order valence-electron chi connectivity index (χ2n) is 5.41. The molecule has 1 aromatic carbocycles. The van der Waals surface area contributed by atoms with Crippen molar-refractivity contribution in [2.45, 2.75) is 51.2 Å². The quantitative estimate of drug-likeness (QED) is 0.886. The Morgan fingerprint density at radius 1 is 1.32 bits per heavy atom. The smallest absolute Gasteiger partial charge is 0.119 e. The molecule has 1 aliphatic carbocycles. The predicted molar refractivity (Wildman–Crippen MR) is 77.5 cm³/mol. The van der Waals surface area contributed by atoms with Gasteiger partial charge in [0, 0.05) is 6.61 Å². The summed E-state index contributed by atoms with van der Waals surface area (Å²) in [6.07, 6.45) is 4.55. The lowest BCUT2D eigenvalue weighted by atomic mass is 9.85. The van der Waals surface area contributed by atoms with Gasteiger partial charge in [0.25, 0.3) is 0 Å². The Hall–Kier alpha value is -1.06. The van der Waals surface area contributed by atoms with Crippen LogP contribution in [0.15, 0.2) is 18.2 Å². The number of nitrogens with two attached hydrogens (primary N) is 1. The van der Waals surface area contributed by atoms with E-state index in [-0.39, 0.29) is 11.6 Å². The molecule has 0 radical (unpaired) electrons. The minimum Gasteiger partial charge on any atom is -0.497 e. The van der Waals surface area contributed by atoms with Crippen LogP contribution >= 0.6 is 0 Å². The van der Waals surface area contributed by atoms with E-state index >= 15 is 0 Å². The minimum atomic E-state index is -0.173. The molecule has 0 aromatic heterocycles. The first-order valence-corrected chi connectivity index (χ1v) is 7.17. The molecule has 1 unspecified atom stereocenters. The number of rotatable bonds is 5. The molecule has 0 amide bonds. The van der Waals surface area contributed by atoms with Crippen molar-refractivity contribution in [3.63, 3.8) is 0 Å². The second kappa shape index (κ2) is 5.93. The molecule has 2 rings (SSSR count). The third-order valence-electron chi connectivity index (χ3n) is 4.26. The number of ether oxygens (including phenoxy) is 2. The van der Waals surface area contributed by atoms with Crippen LogP contribution in [0.1, 0.15) is 49.8 Å². The van der Waals surface area contributed by atoms with Crippen LogP contribution in [0.3, 0.4) is 0 Å². The maximum absolute atomic E-state index is 6.55. The van der Waals surface area contributed by atoms with Crippen molar-refractivity contribution in [2.24, 2.45) is 5.73 Å². The van der Waals surface area contributed by atoms with Crippen LogP contribution in [0, 0.1) is 6.92 Å². The van der Waals surface area contributed by atoms with Crippen molar-refractivity contribution in [1.82, 2.24) is 0 Å². The molecule has 1 atom stereocenters. The van der Waals surface area contributed by atoms with E-state index in [1.807, 2.05) is 19.1 Å². The lowest BCUT2D eigenvalue weighted by Gasteiger charge is -2.36. The Morgan fingerprint density at radius 2 is 2.00 bits per heavy atom. The summed E-state index contributed by atoms with van der Waals surface area (Å²) in [6.45, 7) is 4.86. The summed E-state index contributed by atoms with van der Waals surface area (Å²) in [5.41, 5.74) is 8.73. The SMILES string of the molecule is CCOC1(C(N)c2ccc(OC)cc2C)CCCC1. The molecule has 0 saturated heterocycles. The standard InChI is InChI=1S/C16H25NO2/c1-4-19-16(9-5-6-10-16)15(17)14-8-7-13(18-3)11-12(14)2/h7-8,11,15H,4-6,9-10,17H2,1-3H3. The highest BCUT2D eigenvalue weighted by atomic mass is 16.5. The first-order chi connectivity index (χ1) is 9.13. The van der Waals surface area contributed by atoms with Crippen LogP contribution in [0.25, 0.3) is 0 Å². The lowest BCUT2D eigenvalue weighted by molar-refractivity contribution is -0.0537. The van der Waals surface area contributed by atoms with E-state index in [2.05, 4.69) is 13.0 Å². The molecule has 1 aliphatic rings. The van der Waals surface area contributed by atoms with E-state index in [0.29, 0.717) is 0 Å². The zero-order valence-electron chi connectivity index (χ0n) is 12.2. The van der Waals surface area contributed by atoms with E-state index < -0.39 is 0 Å². The van der Waals surface area contributed by atoms with Crippen molar-refractivity contribution in [3.8, 4) is 5.75 Å². The molecule has 2 N–H and O–H groups in total. The molecule has 0 spiro atoms. The first kappa shape index (κ1) is 14.4. The molecular formula is C16H25NO2. The topological polar surface area (TPSA) is 44.5 Å². The van der Waals surface area contributed by atoms with E-state index in [0.717, 1.165) is 25.2 Å². The van der Waals surface area contributed by atoms with E-state index in [9.17, 15) is 0 Å². The summed E-state index contributed by atoms with van der Waals surface area (Å²) >= 11 is 0. The van der Waals surface area contributed by atoms with Crippen molar-refractivity contribution in [1.29, 1.82) is 0 Å². The van der Waals surface area contributed by atoms with Gasteiger partial charge in [-0.2, -0.15) is 0 Å². The van der Waals surface area contributed by atoms with Crippen LogP contribution in [0.2, 0.25) is 0 Å². The number of methoxy groups -OCH3 is 1. The number of aryl methyl sites for hydroxylation is 1. The average Bonchev–Trinajstić information content (AvgIpc) is 2.88. The molecule has 1 saturated carbocycles. The molecular weight excluding hydrogens is 238 g/mol. The molecule has 1 fully saturated rings. The summed E-state index contributed by atoms with van der Waals surface area (Å²) in [6, 6.07) is 6.05. The van der Waals surface area contributed by atoms with Crippen LogP contribution in [-0.2, 0) is 4.74 Å². The molecule has 1 aromatic rings. The summed E-state index contributed by atoms with van der Waals surface area (Å²) in [4.78, 5) is 0. The summed E-state index contributed by atoms with van der Waals surface area (Å²) in [5, 5.41) is 0. The van der Waals surface area contributed by atoms with Crippen molar-refractivity contribution < 1.29 is 9.47 Å². The largest absolute Gasteiger partial charge is 0.497 e. The van der Waals surface area contributed by atoms with Gasteiger partial charge in [-0.15, -0.1) is 0 Å². The van der Waals surface area contributed by atoms with Gasteiger partial charge in [0.15, 0.2) is 0 Å². The maximum Gasteiger partial charge on any atom is 0.119 e. The maximum atomic E-state index is 6.55. The fraction of sp³-hybridized carbons (Fsp3) is 0.625. The van der Waals surface area contributed by atoms with Gasteiger partial charge in [-0.1, -0.05) is 18.9 Å². The van der Waals surface area contributed by atoms with Gasteiger partial charge in [-0.25, -0.2) is 0 Å². The van der Waals surface area contributed by atoms with Gasteiger partial charge in [0.2, 0.25) is 0 Å². The number of hydrogen-bond acceptors (Lipinski definition) is 3. The van der Waals surface area contributed by atoms with Crippen LogP contribution < -0.4 is 10.5 Å². The molecule has 0 bridgehead atoms. The van der Waals surface area contributed by atoms with E-state index in [4.69, 9.17) is 15.2 Å². The van der Waals surface area contributed by atoms with Gasteiger partial charge in [-0.3, -0.25) is 0 Å². The highest BCUT2D eigenvalue weighted by Crippen LogP contribution is 2.42. The number of hydrogen-bond donors (Lipinski definition) is 1. The zero-order chi connectivity index (χ0) is 13.9. The fourth-order valence-corrected chi connectivity index (χ4v) is 3.21. The van der Waals surface area contributed by atoms with Gasteiger partial charge >= 0.3 is 0 Å². The Labute approximate surface area is 116 Å². The Morgan fingerprint density at radius 3 is 2.53 bits per heavy atom. The minimum absolute atomic E-state index is 0.0548. The highest BCUT2D eigenvalue weighted by molar-refractivity contribution is 5.38. The van der Waals surface area contributed by atoms with Crippen LogP contribution in [0.5, 0.6) is 5.75 Å². The Balaban J connectivity index is 2.29. The first-order valence-electron chi connectivity index (χ1n) is 7.17. The lowest BCUT2D eigenvalue weighted by Crippen LogP contribution is -2.41. The van der Waals surface area contributed by atoms with Gasteiger partial charge in [0.05, 0.1) is 18.8 Å². The van der Waals surface area contributed by atoms with Gasteiger partial charge in [-0.05, 0) is 49.9 Å². The van der Waals surface area contributed by atoms with Gasteiger partial charge in [0.1, 0.15) is 5.75 Å². The zero-order valence-corrected chi connectivity index (χ0v) is 12.2. The molecule has 106 valence electrons. The molecule has 0 heterocycles. The molecule has 3 nitrogen and oxygen atoms in total. The fourth-order valence-electron chi connectivity index (χ4n) is 3.21. The van der Waals surface area contributed by atoms with Crippen LogP contribution in [0.4, 0.5) is 0 Å². The van der Waals surface area contributed by atoms with Crippen molar-refractivity contribution in [3.05, 3.63) is 29.3 Å². The molecule has 3 heteroatoms. The van der Waals surface area contributed by atoms with E-state index in [1.165, 1.54) is 24.0 Å². The third-order valence-corrected chi connectivity index (χ3v) is 4.26. The highest BCUT2D eigenvalue weighted by Gasteiger charge is 2.41. The summed E-state index contributed by atoms with van der Waals surface area (Å²) in [7, 11) is 1.69. The average molecular weight is 263 g/mol. The normalized spacial score (nSPS) is 19.4. The van der Waals surface area contributed by atoms with Crippen LogP contribution in [-0.4, -0.2) is 19.3 Å². The molecule has 0 aliphatic heterocycles. The summed E-state index contributed by atoms with van der Waals surface area (Å²) in [5.74, 6) is 0.880. The second-order valence-corrected chi connectivity index (χ2v) is 5.41. The predicted octanol–water partition coefficient (Wildman–Crippen LogP) is 3.35. The Bertz CT molecular complexity index is 425. The Kier molecular flexibility index (Phi) is 4.48. The number of benzene rings is 1.